The number of likely N-dealkylation sites (N-methyl/N-ethyl adjacent to an activating group) is 1. The van der Waals surface area contributed by atoms with Gasteiger partial charge in [-0.3, -0.25) is 0 Å². The average molecular weight is 264 g/mol. The summed E-state index contributed by atoms with van der Waals surface area (Å²) < 4.78 is 4.88. The Hall–Kier alpha value is -1.55. The molecule has 1 unspecified atom stereocenters. The fraction of sp³-hybridized carbons (Fsp3) is 0.533. The van der Waals surface area contributed by atoms with E-state index in [4.69, 9.17) is 4.74 Å². The first kappa shape index (κ1) is 15.5. The molecule has 4 nitrogen and oxygen atoms in total. The fourth-order valence-corrected chi connectivity index (χ4v) is 1.94. The van der Waals surface area contributed by atoms with Crippen LogP contribution in [0.25, 0.3) is 0 Å². The van der Waals surface area contributed by atoms with E-state index in [-0.39, 0.29) is 12.1 Å². The molecule has 1 atom stereocenters. The lowest BCUT2D eigenvalue weighted by Gasteiger charge is -2.25. The van der Waals surface area contributed by atoms with Crippen LogP contribution in [0.1, 0.15) is 31.0 Å². The minimum atomic E-state index is -0.362. The van der Waals surface area contributed by atoms with Crippen LogP contribution in [0, 0.1) is 0 Å². The molecular weight excluding hydrogens is 240 g/mol. The number of ether oxygens (including phenoxy) is 1. The zero-order valence-electron chi connectivity index (χ0n) is 12.3. The summed E-state index contributed by atoms with van der Waals surface area (Å²) in [7, 11) is 4.01. The highest BCUT2D eigenvalue weighted by molar-refractivity contribution is 5.67. The van der Waals surface area contributed by atoms with Gasteiger partial charge in [-0.25, -0.2) is 4.79 Å². The van der Waals surface area contributed by atoms with Crippen molar-refractivity contribution < 1.29 is 9.53 Å². The molecule has 0 aliphatic rings. The zero-order chi connectivity index (χ0) is 14.3. The van der Waals surface area contributed by atoms with Gasteiger partial charge in [-0.1, -0.05) is 31.2 Å². The monoisotopic (exact) mass is 264 g/mol. The lowest BCUT2D eigenvalue weighted by Crippen LogP contribution is -2.34. The van der Waals surface area contributed by atoms with Crippen LogP contribution in [0.5, 0.6) is 0 Å². The summed E-state index contributed by atoms with van der Waals surface area (Å²) in [6, 6.07) is 8.66. The number of aryl methyl sites for hydroxylation is 1. The Labute approximate surface area is 115 Å². The van der Waals surface area contributed by atoms with Crippen LogP contribution < -0.4 is 5.32 Å². The van der Waals surface area contributed by atoms with E-state index in [0.29, 0.717) is 13.2 Å². The fourth-order valence-electron chi connectivity index (χ4n) is 1.94. The van der Waals surface area contributed by atoms with Gasteiger partial charge >= 0.3 is 6.09 Å². The van der Waals surface area contributed by atoms with Crippen LogP contribution in [0.15, 0.2) is 24.3 Å². The van der Waals surface area contributed by atoms with Gasteiger partial charge in [0, 0.05) is 6.54 Å². The number of carbonyl (C=O) groups is 1. The molecule has 0 aliphatic heterocycles. The number of benzene rings is 1. The highest BCUT2D eigenvalue weighted by atomic mass is 16.5. The van der Waals surface area contributed by atoms with Crippen LogP contribution in [0.2, 0.25) is 0 Å². The molecule has 1 N–H and O–H groups in total. The quantitative estimate of drug-likeness (QED) is 0.858. The highest BCUT2D eigenvalue weighted by Gasteiger charge is 2.15. The molecular formula is C15H24N2O2. The standard InChI is InChI=1S/C15H24N2O2/c1-5-12-7-9-13(10-8-12)14(17(3)4)11-16-15(18)19-6-2/h7-10,14H,5-6,11H2,1-4H3,(H,16,18). The molecule has 0 saturated heterocycles. The van der Waals surface area contributed by atoms with E-state index in [1.54, 1.807) is 6.92 Å². The topological polar surface area (TPSA) is 41.6 Å². The number of alkyl carbamates (subject to hydrolysis) is 1. The predicted octanol–water partition coefficient (Wildman–Crippen LogP) is 2.60. The summed E-state index contributed by atoms with van der Waals surface area (Å²) in [5.41, 5.74) is 2.51. The van der Waals surface area contributed by atoms with Crippen molar-refractivity contribution in [2.75, 3.05) is 27.2 Å². The van der Waals surface area contributed by atoms with Crippen molar-refractivity contribution in [3.05, 3.63) is 35.4 Å². The van der Waals surface area contributed by atoms with Crippen molar-refractivity contribution >= 4 is 6.09 Å². The summed E-state index contributed by atoms with van der Waals surface area (Å²) in [4.78, 5) is 13.4. The predicted molar refractivity (Wildman–Crippen MR) is 77.3 cm³/mol. The summed E-state index contributed by atoms with van der Waals surface area (Å²) in [6.07, 6.45) is 0.674. The van der Waals surface area contributed by atoms with E-state index in [1.807, 2.05) is 14.1 Å². The normalized spacial score (nSPS) is 12.3. The first-order valence-corrected chi connectivity index (χ1v) is 6.74. The molecule has 0 spiro atoms. The van der Waals surface area contributed by atoms with E-state index in [2.05, 4.69) is 41.4 Å². The Morgan fingerprint density at radius 3 is 2.37 bits per heavy atom. The largest absolute Gasteiger partial charge is 0.450 e. The summed E-state index contributed by atoms with van der Waals surface area (Å²) in [5.74, 6) is 0. The van der Waals surface area contributed by atoms with E-state index in [1.165, 1.54) is 11.1 Å². The minimum absolute atomic E-state index is 0.148. The van der Waals surface area contributed by atoms with Crippen LogP contribution in [-0.2, 0) is 11.2 Å². The Kier molecular flexibility index (Phi) is 6.36. The zero-order valence-corrected chi connectivity index (χ0v) is 12.3. The maximum atomic E-state index is 11.4. The van der Waals surface area contributed by atoms with Crippen LogP contribution in [0.4, 0.5) is 4.79 Å². The first-order chi connectivity index (χ1) is 9.08. The molecule has 1 amide bonds. The average Bonchev–Trinajstić information content (AvgIpc) is 2.39. The van der Waals surface area contributed by atoms with Gasteiger partial charge in [0.15, 0.2) is 0 Å². The lowest BCUT2D eigenvalue weighted by molar-refractivity contribution is 0.148. The van der Waals surface area contributed by atoms with Gasteiger partial charge in [-0.15, -0.1) is 0 Å². The summed E-state index contributed by atoms with van der Waals surface area (Å²) in [6.45, 7) is 4.87. The maximum absolute atomic E-state index is 11.4. The van der Waals surface area contributed by atoms with Gasteiger partial charge in [0.25, 0.3) is 0 Å². The van der Waals surface area contributed by atoms with E-state index < -0.39 is 0 Å². The Balaban J connectivity index is 2.68. The molecule has 19 heavy (non-hydrogen) atoms. The van der Waals surface area contributed by atoms with Gasteiger partial charge in [0.1, 0.15) is 0 Å². The third-order valence-corrected chi connectivity index (χ3v) is 3.11. The van der Waals surface area contributed by atoms with Crippen LogP contribution >= 0.6 is 0 Å². The van der Waals surface area contributed by atoms with Gasteiger partial charge in [0.05, 0.1) is 12.6 Å². The second-order valence-corrected chi connectivity index (χ2v) is 4.68. The molecule has 0 radical (unpaired) electrons. The number of rotatable bonds is 6. The van der Waals surface area contributed by atoms with Crippen molar-refractivity contribution in [2.45, 2.75) is 26.3 Å². The molecule has 4 heteroatoms. The number of nitrogens with zero attached hydrogens (tertiary/aromatic N) is 1. The smallest absolute Gasteiger partial charge is 0.407 e. The molecule has 0 aromatic heterocycles. The molecule has 1 aromatic rings. The molecule has 1 rings (SSSR count). The van der Waals surface area contributed by atoms with Crippen molar-refractivity contribution in [2.24, 2.45) is 0 Å². The highest BCUT2D eigenvalue weighted by Crippen LogP contribution is 2.18. The van der Waals surface area contributed by atoms with E-state index in [0.717, 1.165) is 6.42 Å². The molecule has 0 aliphatic carbocycles. The van der Waals surface area contributed by atoms with Gasteiger partial charge in [-0.2, -0.15) is 0 Å². The molecule has 1 aromatic carbocycles. The van der Waals surface area contributed by atoms with Crippen molar-refractivity contribution in [1.29, 1.82) is 0 Å². The van der Waals surface area contributed by atoms with Crippen LogP contribution in [-0.4, -0.2) is 38.2 Å². The van der Waals surface area contributed by atoms with Crippen LogP contribution in [0.3, 0.4) is 0 Å². The number of nitrogens with one attached hydrogen (secondary N) is 1. The first-order valence-electron chi connectivity index (χ1n) is 6.74. The summed E-state index contributed by atoms with van der Waals surface area (Å²) >= 11 is 0. The number of amides is 1. The second kappa shape index (κ2) is 7.79. The third-order valence-electron chi connectivity index (χ3n) is 3.11. The molecule has 0 fully saturated rings. The summed E-state index contributed by atoms with van der Waals surface area (Å²) in [5, 5.41) is 2.79. The Bertz CT molecular complexity index is 388. The molecule has 0 heterocycles. The van der Waals surface area contributed by atoms with Gasteiger partial charge in [0.2, 0.25) is 0 Å². The van der Waals surface area contributed by atoms with E-state index >= 15 is 0 Å². The van der Waals surface area contributed by atoms with E-state index in [9.17, 15) is 4.79 Å². The van der Waals surface area contributed by atoms with Crippen molar-refractivity contribution in [1.82, 2.24) is 10.2 Å². The van der Waals surface area contributed by atoms with Gasteiger partial charge in [-0.05, 0) is 38.6 Å². The van der Waals surface area contributed by atoms with Crippen molar-refractivity contribution in [3.8, 4) is 0 Å². The second-order valence-electron chi connectivity index (χ2n) is 4.68. The number of carbonyl (C=O) groups excluding carboxylic acids is 1. The maximum Gasteiger partial charge on any atom is 0.407 e. The molecule has 0 bridgehead atoms. The minimum Gasteiger partial charge on any atom is -0.450 e. The van der Waals surface area contributed by atoms with Gasteiger partial charge < -0.3 is 15.0 Å². The third kappa shape index (κ3) is 4.91. The Morgan fingerprint density at radius 1 is 1.26 bits per heavy atom. The number of hydrogen-bond donors (Lipinski definition) is 1. The Morgan fingerprint density at radius 2 is 1.89 bits per heavy atom. The lowest BCUT2D eigenvalue weighted by atomic mass is 10.0. The molecule has 106 valence electrons. The van der Waals surface area contributed by atoms with Crippen molar-refractivity contribution in [3.63, 3.8) is 0 Å². The molecule has 0 saturated carbocycles. The SMILES string of the molecule is CCOC(=O)NCC(c1ccc(CC)cc1)N(C)C. The number of hydrogen-bond acceptors (Lipinski definition) is 3.